The Morgan fingerprint density at radius 3 is 2.73 bits per heavy atom. The number of aromatic nitrogens is 1. The van der Waals surface area contributed by atoms with Crippen LogP contribution in [0.2, 0.25) is 0 Å². The summed E-state index contributed by atoms with van der Waals surface area (Å²) in [5, 5.41) is 8.08. The molecule has 0 aliphatic carbocycles. The number of guanidine groups is 1. The minimum absolute atomic E-state index is 0.218. The van der Waals surface area contributed by atoms with Gasteiger partial charge in [0.05, 0.1) is 0 Å². The first-order chi connectivity index (χ1) is 14.7. The molecule has 1 amide bonds. The van der Waals surface area contributed by atoms with Crippen LogP contribution < -0.4 is 15.5 Å². The van der Waals surface area contributed by atoms with Crippen molar-refractivity contribution >= 4 is 28.5 Å². The van der Waals surface area contributed by atoms with Gasteiger partial charge < -0.3 is 20.5 Å². The van der Waals surface area contributed by atoms with Crippen molar-refractivity contribution in [2.75, 3.05) is 25.0 Å². The van der Waals surface area contributed by atoms with Crippen molar-refractivity contribution in [2.24, 2.45) is 4.99 Å². The fraction of sp³-hybridized carbons (Fsp3) is 0.333. The fourth-order valence-electron chi connectivity index (χ4n) is 4.09. The molecule has 30 heavy (non-hydrogen) atoms. The van der Waals surface area contributed by atoms with Crippen LogP contribution >= 0.6 is 0 Å². The van der Waals surface area contributed by atoms with E-state index in [9.17, 15) is 4.79 Å². The maximum absolute atomic E-state index is 11.9. The number of anilines is 1. The number of fused-ring (bicyclic) bond motifs is 1. The third-order valence-corrected chi connectivity index (χ3v) is 5.69. The molecule has 0 bridgehead atoms. The van der Waals surface area contributed by atoms with E-state index in [-0.39, 0.29) is 5.91 Å². The molecule has 1 aliphatic rings. The lowest BCUT2D eigenvalue weighted by atomic mass is 10.1. The molecule has 6 heteroatoms. The molecule has 1 aliphatic heterocycles. The predicted octanol–water partition coefficient (Wildman–Crippen LogP) is 3.51. The topological polar surface area (TPSA) is 72.5 Å². The lowest BCUT2D eigenvalue weighted by Gasteiger charge is -2.16. The normalized spacial score (nSPS) is 14.5. The Kier molecular flexibility index (Phi) is 6.02. The Bertz CT molecular complexity index is 1050. The monoisotopic (exact) mass is 403 g/mol. The van der Waals surface area contributed by atoms with Crippen molar-refractivity contribution in [3.8, 4) is 0 Å². The van der Waals surface area contributed by atoms with Crippen LogP contribution in [0.15, 0.2) is 53.7 Å². The van der Waals surface area contributed by atoms with E-state index in [4.69, 9.17) is 0 Å². The number of aromatic amines is 1. The molecule has 3 aromatic rings. The van der Waals surface area contributed by atoms with Gasteiger partial charge in [0.1, 0.15) is 0 Å². The number of hydrogen-bond donors (Lipinski definition) is 3. The van der Waals surface area contributed by atoms with E-state index >= 15 is 0 Å². The van der Waals surface area contributed by atoms with E-state index in [1.807, 2.05) is 17.0 Å². The van der Waals surface area contributed by atoms with Gasteiger partial charge in [0.25, 0.3) is 0 Å². The Morgan fingerprint density at radius 1 is 1.17 bits per heavy atom. The van der Waals surface area contributed by atoms with Crippen molar-refractivity contribution in [2.45, 2.75) is 32.7 Å². The van der Waals surface area contributed by atoms with E-state index in [1.165, 1.54) is 22.0 Å². The minimum Gasteiger partial charge on any atom is -0.361 e. The van der Waals surface area contributed by atoms with Crippen LogP contribution in [0.1, 0.15) is 29.5 Å². The second-order valence-electron chi connectivity index (χ2n) is 7.73. The van der Waals surface area contributed by atoms with Crippen LogP contribution in [0, 0.1) is 6.92 Å². The van der Waals surface area contributed by atoms with E-state index in [1.54, 1.807) is 7.05 Å². The first kappa shape index (κ1) is 20.0. The van der Waals surface area contributed by atoms with Crippen LogP contribution in [0.25, 0.3) is 10.9 Å². The molecular weight excluding hydrogens is 374 g/mol. The van der Waals surface area contributed by atoms with Gasteiger partial charge in [0, 0.05) is 55.9 Å². The zero-order valence-electron chi connectivity index (χ0n) is 17.7. The summed E-state index contributed by atoms with van der Waals surface area (Å²) in [4.78, 5) is 21.4. The summed E-state index contributed by atoms with van der Waals surface area (Å²) in [6.07, 6.45) is 4.62. The average Bonchev–Trinajstić information content (AvgIpc) is 3.38. The molecule has 156 valence electrons. The van der Waals surface area contributed by atoms with Crippen LogP contribution in [0.5, 0.6) is 0 Å². The van der Waals surface area contributed by atoms with Crippen LogP contribution in [-0.4, -0.2) is 37.0 Å². The molecule has 0 unspecified atom stereocenters. The molecule has 0 radical (unpaired) electrons. The van der Waals surface area contributed by atoms with Crippen molar-refractivity contribution in [1.82, 2.24) is 15.6 Å². The Hall–Kier alpha value is -3.28. The highest BCUT2D eigenvalue weighted by atomic mass is 16.2. The van der Waals surface area contributed by atoms with Crippen molar-refractivity contribution in [1.29, 1.82) is 0 Å². The number of aliphatic imine (C=N–C) groups is 1. The number of nitrogens with one attached hydrogen (secondary N) is 3. The highest BCUT2D eigenvalue weighted by Gasteiger charge is 2.21. The lowest BCUT2D eigenvalue weighted by molar-refractivity contribution is -0.117. The van der Waals surface area contributed by atoms with Gasteiger partial charge in [-0.15, -0.1) is 0 Å². The molecule has 1 aromatic heterocycles. The zero-order chi connectivity index (χ0) is 20.9. The second-order valence-corrected chi connectivity index (χ2v) is 7.73. The molecule has 2 aromatic carbocycles. The molecule has 1 fully saturated rings. The molecule has 0 atom stereocenters. The van der Waals surface area contributed by atoms with Crippen LogP contribution in [0.3, 0.4) is 0 Å². The first-order valence-corrected chi connectivity index (χ1v) is 10.5. The quantitative estimate of drug-likeness (QED) is 0.436. The largest absolute Gasteiger partial charge is 0.361 e. The van der Waals surface area contributed by atoms with E-state index in [0.717, 1.165) is 43.1 Å². The SMILES string of the molecule is CN=C(NCCc1c[nH]c2cccc(C)c12)NCc1ccc(N2CCCC2=O)cc1. The van der Waals surface area contributed by atoms with E-state index < -0.39 is 0 Å². The second kappa shape index (κ2) is 9.03. The van der Waals surface area contributed by atoms with E-state index in [0.29, 0.717) is 13.0 Å². The number of amides is 1. The lowest BCUT2D eigenvalue weighted by Crippen LogP contribution is -2.37. The Balaban J connectivity index is 1.28. The number of hydrogen-bond acceptors (Lipinski definition) is 2. The minimum atomic E-state index is 0.218. The summed E-state index contributed by atoms with van der Waals surface area (Å²) >= 11 is 0. The van der Waals surface area contributed by atoms with Gasteiger partial charge in [-0.3, -0.25) is 9.79 Å². The molecule has 4 rings (SSSR count). The highest BCUT2D eigenvalue weighted by molar-refractivity contribution is 5.95. The summed E-state index contributed by atoms with van der Waals surface area (Å²) in [7, 11) is 1.78. The number of H-pyrrole nitrogens is 1. The van der Waals surface area contributed by atoms with Gasteiger partial charge in [-0.2, -0.15) is 0 Å². The van der Waals surface area contributed by atoms with Gasteiger partial charge in [0.2, 0.25) is 5.91 Å². The summed E-state index contributed by atoms with van der Waals surface area (Å²) in [6.45, 7) is 4.46. The van der Waals surface area contributed by atoms with Gasteiger partial charge in [-0.1, -0.05) is 24.3 Å². The number of nitrogens with zero attached hydrogens (tertiary/aromatic N) is 2. The highest BCUT2D eigenvalue weighted by Crippen LogP contribution is 2.23. The number of rotatable bonds is 6. The molecule has 0 saturated carbocycles. The maximum Gasteiger partial charge on any atom is 0.227 e. The average molecular weight is 404 g/mol. The molecule has 6 nitrogen and oxygen atoms in total. The Labute approximate surface area is 177 Å². The number of carbonyl (C=O) groups excluding carboxylic acids is 1. The van der Waals surface area contributed by atoms with Gasteiger partial charge in [-0.05, 0) is 54.7 Å². The van der Waals surface area contributed by atoms with Gasteiger partial charge in [0.15, 0.2) is 5.96 Å². The third-order valence-electron chi connectivity index (χ3n) is 5.69. The van der Waals surface area contributed by atoms with Gasteiger partial charge >= 0.3 is 0 Å². The molecular formula is C24H29N5O. The predicted molar refractivity (Wildman–Crippen MR) is 123 cm³/mol. The maximum atomic E-state index is 11.9. The standard InChI is InChI=1S/C24H29N5O/c1-17-5-3-6-21-23(17)19(16-27-21)12-13-26-24(25-2)28-15-18-8-10-20(11-9-18)29-14-4-7-22(29)30/h3,5-6,8-11,16,27H,4,7,12-15H2,1-2H3,(H2,25,26,28). The van der Waals surface area contributed by atoms with Crippen molar-refractivity contribution in [3.05, 3.63) is 65.4 Å². The van der Waals surface area contributed by atoms with Crippen molar-refractivity contribution in [3.63, 3.8) is 0 Å². The number of aryl methyl sites for hydroxylation is 1. The van der Waals surface area contributed by atoms with E-state index in [2.05, 4.69) is 64.1 Å². The Morgan fingerprint density at radius 2 is 2.00 bits per heavy atom. The summed E-state index contributed by atoms with van der Waals surface area (Å²) in [6, 6.07) is 14.5. The van der Waals surface area contributed by atoms with Crippen LogP contribution in [0.4, 0.5) is 5.69 Å². The zero-order valence-corrected chi connectivity index (χ0v) is 17.7. The summed E-state index contributed by atoms with van der Waals surface area (Å²) in [5.74, 6) is 1.00. The molecule has 3 N–H and O–H groups in total. The summed E-state index contributed by atoms with van der Waals surface area (Å²) < 4.78 is 0. The molecule has 2 heterocycles. The first-order valence-electron chi connectivity index (χ1n) is 10.5. The summed E-state index contributed by atoms with van der Waals surface area (Å²) in [5.41, 5.74) is 5.94. The number of benzene rings is 2. The molecule has 0 spiro atoms. The fourth-order valence-corrected chi connectivity index (χ4v) is 4.09. The van der Waals surface area contributed by atoms with Crippen molar-refractivity contribution < 1.29 is 4.79 Å². The van der Waals surface area contributed by atoms with Gasteiger partial charge in [-0.25, -0.2) is 0 Å². The third kappa shape index (κ3) is 4.32. The van der Waals surface area contributed by atoms with Crippen LogP contribution in [-0.2, 0) is 17.8 Å². The number of carbonyl (C=O) groups is 1. The molecule has 1 saturated heterocycles. The smallest absolute Gasteiger partial charge is 0.227 e.